The van der Waals surface area contributed by atoms with Gasteiger partial charge in [-0.25, -0.2) is 0 Å². The average Bonchev–Trinajstić information content (AvgIpc) is 1.75. The summed E-state index contributed by atoms with van der Waals surface area (Å²) in [7, 11) is 0. The normalized spacial score (nSPS) is 19.9. The maximum atomic E-state index is 2.64. The molecule has 0 amide bonds. The largest absolute Gasteiger partial charge is 0.310 e. The van der Waals surface area contributed by atoms with E-state index in [1.165, 1.54) is 127 Å². The van der Waals surface area contributed by atoms with E-state index in [4.69, 9.17) is 0 Å². The Bertz CT molecular complexity index is 4430. The molecular formula is C74H49N. The van der Waals surface area contributed by atoms with Crippen molar-refractivity contribution in [2.45, 2.75) is 35.5 Å². The van der Waals surface area contributed by atoms with Gasteiger partial charge in [0.25, 0.3) is 0 Å². The molecule has 1 fully saturated rings. The molecule has 0 aliphatic heterocycles. The Morgan fingerprint density at radius 1 is 0.240 bits per heavy atom. The van der Waals surface area contributed by atoms with Crippen LogP contribution in [0.1, 0.15) is 58.4 Å². The third kappa shape index (κ3) is 4.87. The second-order valence-electron chi connectivity index (χ2n) is 22.3. The van der Waals surface area contributed by atoms with E-state index in [1.807, 2.05) is 0 Å². The molecule has 75 heavy (non-hydrogen) atoms. The van der Waals surface area contributed by atoms with Crippen LogP contribution in [0.4, 0.5) is 17.1 Å². The number of anilines is 3. The highest BCUT2D eigenvalue weighted by Gasteiger charge is 2.95. The summed E-state index contributed by atoms with van der Waals surface area (Å²) in [5.74, 6) is 0. The fourth-order valence-corrected chi connectivity index (χ4v) is 16.1. The third-order valence-corrected chi connectivity index (χ3v) is 18.8. The van der Waals surface area contributed by atoms with Crippen LogP contribution in [0.5, 0.6) is 0 Å². The number of rotatable bonds is 6. The Kier molecular flexibility index (Phi) is 7.94. The fraction of sp³-hybridized carbons (Fsp3) is 0.0811. The van der Waals surface area contributed by atoms with Crippen LogP contribution in [-0.2, 0) is 21.7 Å². The van der Waals surface area contributed by atoms with Gasteiger partial charge in [0.05, 0.1) is 16.2 Å². The molecule has 0 N–H and O–H groups in total. The third-order valence-electron chi connectivity index (χ3n) is 18.8. The first-order valence-electron chi connectivity index (χ1n) is 26.7. The molecule has 3 atom stereocenters. The Balaban J connectivity index is 0.971. The Morgan fingerprint density at radius 2 is 0.667 bits per heavy atom. The smallest absolute Gasteiger partial charge is 0.0515 e. The van der Waals surface area contributed by atoms with Crippen molar-refractivity contribution in [3.8, 4) is 55.6 Å². The van der Waals surface area contributed by atoms with Crippen molar-refractivity contribution in [1.29, 1.82) is 0 Å². The number of hydrogen-bond donors (Lipinski definition) is 0. The fourth-order valence-electron chi connectivity index (χ4n) is 16.1. The van der Waals surface area contributed by atoms with Gasteiger partial charge in [0.15, 0.2) is 0 Å². The SMILES string of the molecule is CC1(C)c2ccccc2-c2ccc(N(c3ccc(-c4ccccc4)cc3)c3cc4c5c(cccc5c3)C35c6cccc7cccc(c67)C36c3ccc(-c7ccccc7)cc3-c3cc(-c7ccccc7)ccc3C465)cc21. The molecule has 1 saturated carbocycles. The molecule has 0 saturated heterocycles. The maximum absolute atomic E-state index is 2.64. The van der Waals surface area contributed by atoms with Gasteiger partial charge in [0.2, 0.25) is 0 Å². The Hall–Kier alpha value is -9.04. The highest BCUT2D eigenvalue weighted by Crippen LogP contribution is 2.94. The summed E-state index contributed by atoms with van der Waals surface area (Å²) in [4.78, 5) is 2.56. The highest BCUT2D eigenvalue weighted by atomic mass is 15.1. The van der Waals surface area contributed by atoms with E-state index in [0.717, 1.165) is 11.4 Å². The predicted octanol–water partition coefficient (Wildman–Crippen LogP) is 18.6. The van der Waals surface area contributed by atoms with Crippen molar-refractivity contribution < 1.29 is 0 Å². The molecule has 0 bridgehead atoms. The summed E-state index contributed by atoms with van der Waals surface area (Å²) in [6.45, 7) is 4.79. The minimum Gasteiger partial charge on any atom is -0.310 e. The summed E-state index contributed by atoms with van der Waals surface area (Å²) < 4.78 is 0. The molecular weight excluding hydrogens is 903 g/mol. The molecule has 12 aromatic rings. The van der Waals surface area contributed by atoms with E-state index >= 15 is 0 Å². The summed E-state index contributed by atoms with van der Waals surface area (Å²) >= 11 is 0. The molecule has 12 aromatic carbocycles. The molecule has 0 radical (unpaired) electrons. The Labute approximate surface area is 437 Å². The molecule has 3 unspecified atom stereocenters. The van der Waals surface area contributed by atoms with Gasteiger partial charge < -0.3 is 4.90 Å². The number of fused-ring (bicyclic) bond motifs is 6. The van der Waals surface area contributed by atoms with Gasteiger partial charge in [0.1, 0.15) is 0 Å². The quantitative estimate of drug-likeness (QED) is 0.161. The molecule has 0 heterocycles. The van der Waals surface area contributed by atoms with Crippen molar-refractivity contribution in [3.05, 3.63) is 305 Å². The van der Waals surface area contributed by atoms with Gasteiger partial charge in [-0.15, -0.1) is 0 Å². The van der Waals surface area contributed by atoms with Gasteiger partial charge in [-0.2, -0.15) is 0 Å². The van der Waals surface area contributed by atoms with Crippen LogP contribution in [0, 0.1) is 0 Å². The molecule has 1 nitrogen and oxygen atoms in total. The molecule has 5 aliphatic carbocycles. The van der Waals surface area contributed by atoms with E-state index in [2.05, 4.69) is 280 Å². The zero-order valence-electron chi connectivity index (χ0n) is 41.8. The van der Waals surface area contributed by atoms with Crippen molar-refractivity contribution >= 4 is 38.6 Å². The van der Waals surface area contributed by atoms with Gasteiger partial charge in [-0.3, -0.25) is 0 Å². The minimum absolute atomic E-state index is 0.160. The van der Waals surface area contributed by atoms with Crippen molar-refractivity contribution in [3.63, 3.8) is 0 Å². The van der Waals surface area contributed by atoms with Crippen LogP contribution in [0.2, 0.25) is 0 Å². The number of benzene rings is 12. The first-order chi connectivity index (χ1) is 36.9. The number of nitrogens with zero attached hydrogens (tertiary/aromatic N) is 1. The molecule has 1 heteroatoms. The molecule has 17 rings (SSSR count). The maximum Gasteiger partial charge on any atom is 0.0515 e. The molecule has 3 spiro atoms. The lowest BCUT2D eigenvalue weighted by molar-refractivity contribution is 0.660. The average molecular weight is 952 g/mol. The van der Waals surface area contributed by atoms with E-state index in [-0.39, 0.29) is 5.41 Å². The van der Waals surface area contributed by atoms with Crippen LogP contribution in [0.25, 0.3) is 77.2 Å². The molecule has 0 aromatic heterocycles. The second kappa shape index (κ2) is 14.4. The van der Waals surface area contributed by atoms with Crippen LogP contribution in [0.3, 0.4) is 0 Å². The van der Waals surface area contributed by atoms with E-state index < -0.39 is 16.2 Å². The molecule has 5 aliphatic rings. The second-order valence-corrected chi connectivity index (χ2v) is 22.3. The standard InChI is InChI=1S/C74H49N/c1-71(2)61-27-13-12-26-57(61)58-38-37-55(44-67(58)71)75(54-35-31-49(32-36-54)46-17-6-3-7-18-46)56-41-53-25-16-30-66-70(53)68(45-56)73-63-40-34-52(48-21-10-5-11-22-48)43-60(63)59-42-51(47-19-8-4-9-20-47)33-39-62(59)72(73)64-28-14-23-50-24-15-29-65(69(50)64)74(66,72)73/h3-45H,1-2H3. The van der Waals surface area contributed by atoms with Gasteiger partial charge in [-0.1, -0.05) is 226 Å². The lowest BCUT2D eigenvalue weighted by Crippen LogP contribution is -2.30. The monoisotopic (exact) mass is 951 g/mol. The lowest BCUT2D eigenvalue weighted by Gasteiger charge is -2.37. The van der Waals surface area contributed by atoms with Crippen molar-refractivity contribution in [1.82, 2.24) is 0 Å². The topological polar surface area (TPSA) is 3.24 Å². The van der Waals surface area contributed by atoms with Crippen LogP contribution in [0.15, 0.2) is 261 Å². The lowest BCUT2D eigenvalue weighted by atomic mass is 9.64. The van der Waals surface area contributed by atoms with E-state index in [9.17, 15) is 0 Å². The van der Waals surface area contributed by atoms with E-state index in [0.29, 0.717) is 0 Å². The highest BCUT2D eigenvalue weighted by molar-refractivity contribution is 6.15. The van der Waals surface area contributed by atoms with E-state index in [1.54, 1.807) is 0 Å². The van der Waals surface area contributed by atoms with Crippen LogP contribution < -0.4 is 4.90 Å². The molecule has 350 valence electrons. The Morgan fingerprint density at radius 3 is 1.27 bits per heavy atom. The van der Waals surface area contributed by atoms with Crippen LogP contribution in [-0.4, -0.2) is 0 Å². The minimum atomic E-state index is -0.462. The summed E-state index contributed by atoms with van der Waals surface area (Å²) in [5.41, 5.74) is 26.0. The zero-order chi connectivity index (χ0) is 49.4. The summed E-state index contributed by atoms with van der Waals surface area (Å²) in [6, 6.07) is 99.9. The van der Waals surface area contributed by atoms with Gasteiger partial charge in [0, 0.05) is 22.5 Å². The summed E-state index contributed by atoms with van der Waals surface area (Å²) in [6.07, 6.45) is 0. The number of hydrogen-bond acceptors (Lipinski definition) is 1. The zero-order valence-corrected chi connectivity index (χ0v) is 41.8. The van der Waals surface area contributed by atoms with Crippen molar-refractivity contribution in [2.24, 2.45) is 0 Å². The van der Waals surface area contributed by atoms with Crippen molar-refractivity contribution in [2.75, 3.05) is 4.90 Å². The first-order valence-corrected chi connectivity index (χ1v) is 26.7. The van der Waals surface area contributed by atoms with Gasteiger partial charge >= 0.3 is 0 Å². The first kappa shape index (κ1) is 41.4. The predicted molar refractivity (Wildman–Crippen MR) is 311 cm³/mol. The summed E-state index contributed by atoms with van der Waals surface area (Å²) in [5, 5.41) is 5.41. The van der Waals surface area contributed by atoms with Gasteiger partial charge in [-0.05, 0) is 170 Å². The van der Waals surface area contributed by atoms with Crippen LogP contribution >= 0.6 is 0 Å².